The van der Waals surface area contributed by atoms with Crippen LogP contribution in [0.2, 0.25) is 5.02 Å². The maximum atomic E-state index is 14.1. The zero-order valence-electron chi connectivity index (χ0n) is 13.7. The Bertz CT molecular complexity index is 901. The van der Waals surface area contributed by atoms with Crippen molar-refractivity contribution in [2.45, 2.75) is 12.5 Å². The first-order valence-corrected chi connectivity index (χ1v) is 8.05. The summed E-state index contributed by atoms with van der Waals surface area (Å²) in [6, 6.07) is 6.55. The van der Waals surface area contributed by atoms with Crippen LogP contribution in [0.25, 0.3) is 0 Å². The van der Waals surface area contributed by atoms with Gasteiger partial charge in [-0.1, -0.05) is 17.7 Å². The van der Waals surface area contributed by atoms with E-state index in [1.165, 1.54) is 48.5 Å². The number of aliphatic imine (C=N–C) groups is 1. The SMILES string of the molecule is CN1C(=O)CC(c2ccc(F)c(NC(=O)c3ccc(Cl)cn3)c2)N=C1N. The number of guanidine groups is 1. The molecule has 0 fully saturated rings. The third kappa shape index (κ3) is 3.65. The number of nitrogens with two attached hydrogens (primary N) is 1. The van der Waals surface area contributed by atoms with E-state index in [4.69, 9.17) is 17.3 Å². The Kier molecular flexibility index (Phi) is 4.85. The van der Waals surface area contributed by atoms with Gasteiger partial charge in [-0.3, -0.25) is 14.5 Å². The normalized spacial score (nSPS) is 17.0. The molecule has 7 nitrogen and oxygen atoms in total. The fourth-order valence-electron chi connectivity index (χ4n) is 2.46. The maximum Gasteiger partial charge on any atom is 0.274 e. The molecule has 3 rings (SSSR count). The van der Waals surface area contributed by atoms with Crippen LogP contribution in [0.3, 0.4) is 0 Å². The Labute approximate surface area is 153 Å². The Balaban J connectivity index is 1.85. The molecular formula is C17H15ClFN5O2. The second-order valence-electron chi connectivity index (χ2n) is 5.72. The van der Waals surface area contributed by atoms with Gasteiger partial charge in [0, 0.05) is 13.2 Å². The van der Waals surface area contributed by atoms with Crippen LogP contribution in [0.5, 0.6) is 0 Å². The van der Waals surface area contributed by atoms with Gasteiger partial charge in [0.15, 0.2) is 5.96 Å². The third-order valence-electron chi connectivity index (χ3n) is 3.96. The number of carbonyl (C=O) groups excluding carboxylic acids is 2. The van der Waals surface area contributed by atoms with Crippen molar-refractivity contribution in [1.82, 2.24) is 9.88 Å². The number of rotatable bonds is 3. The van der Waals surface area contributed by atoms with Gasteiger partial charge in [0.05, 0.1) is 23.2 Å². The molecule has 9 heteroatoms. The van der Waals surface area contributed by atoms with Crippen LogP contribution in [0.4, 0.5) is 10.1 Å². The van der Waals surface area contributed by atoms with Crippen LogP contribution in [0, 0.1) is 5.82 Å². The highest BCUT2D eigenvalue weighted by atomic mass is 35.5. The Hall–Kier alpha value is -3.00. The minimum atomic E-state index is -0.618. The molecule has 0 spiro atoms. The fraction of sp³-hybridized carbons (Fsp3) is 0.176. The lowest BCUT2D eigenvalue weighted by molar-refractivity contribution is -0.127. The number of pyridine rings is 1. The number of halogens is 2. The number of benzene rings is 1. The monoisotopic (exact) mass is 375 g/mol. The molecule has 1 atom stereocenters. The number of nitrogens with zero attached hydrogens (tertiary/aromatic N) is 3. The van der Waals surface area contributed by atoms with E-state index in [2.05, 4.69) is 15.3 Å². The van der Waals surface area contributed by atoms with Crippen molar-refractivity contribution in [1.29, 1.82) is 0 Å². The summed E-state index contributed by atoms with van der Waals surface area (Å²) in [5.74, 6) is -1.30. The predicted octanol–water partition coefficient (Wildman–Crippen LogP) is 2.34. The first-order chi connectivity index (χ1) is 12.3. The van der Waals surface area contributed by atoms with Gasteiger partial charge in [0.2, 0.25) is 5.91 Å². The number of aromatic nitrogens is 1. The number of hydrogen-bond donors (Lipinski definition) is 2. The van der Waals surface area contributed by atoms with E-state index in [9.17, 15) is 14.0 Å². The minimum Gasteiger partial charge on any atom is -0.369 e. The summed E-state index contributed by atoms with van der Waals surface area (Å²) in [5.41, 5.74) is 6.35. The van der Waals surface area contributed by atoms with Gasteiger partial charge in [-0.2, -0.15) is 0 Å². The largest absolute Gasteiger partial charge is 0.369 e. The van der Waals surface area contributed by atoms with Crippen LogP contribution in [0.1, 0.15) is 28.5 Å². The second-order valence-corrected chi connectivity index (χ2v) is 6.15. The number of anilines is 1. The zero-order valence-corrected chi connectivity index (χ0v) is 14.5. The quantitative estimate of drug-likeness (QED) is 0.859. The van der Waals surface area contributed by atoms with Gasteiger partial charge in [0.1, 0.15) is 11.5 Å². The molecule has 0 aliphatic carbocycles. The van der Waals surface area contributed by atoms with Crippen molar-refractivity contribution in [2.75, 3.05) is 12.4 Å². The van der Waals surface area contributed by atoms with Crippen LogP contribution in [0.15, 0.2) is 41.5 Å². The summed E-state index contributed by atoms with van der Waals surface area (Å²) >= 11 is 5.73. The Morgan fingerprint density at radius 1 is 1.38 bits per heavy atom. The molecule has 3 N–H and O–H groups in total. The Morgan fingerprint density at radius 2 is 2.15 bits per heavy atom. The van der Waals surface area contributed by atoms with E-state index in [-0.39, 0.29) is 29.7 Å². The molecule has 1 aromatic carbocycles. The molecule has 1 aliphatic heterocycles. The van der Waals surface area contributed by atoms with Gasteiger partial charge < -0.3 is 11.1 Å². The van der Waals surface area contributed by atoms with Gasteiger partial charge >= 0.3 is 0 Å². The van der Waals surface area contributed by atoms with Crippen molar-refractivity contribution in [3.8, 4) is 0 Å². The molecule has 26 heavy (non-hydrogen) atoms. The van der Waals surface area contributed by atoms with E-state index in [1.54, 1.807) is 0 Å². The molecule has 0 bridgehead atoms. The van der Waals surface area contributed by atoms with Crippen molar-refractivity contribution < 1.29 is 14.0 Å². The summed E-state index contributed by atoms with van der Waals surface area (Å²) in [4.78, 5) is 33.5. The lowest BCUT2D eigenvalue weighted by atomic mass is 10.0. The van der Waals surface area contributed by atoms with Crippen molar-refractivity contribution >= 4 is 35.1 Å². The van der Waals surface area contributed by atoms with Crippen LogP contribution in [-0.4, -0.2) is 34.7 Å². The zero-order chi connectivity index (χ0) is 18.8. The van der Waals surface area contributed by atoms with Gasteiger partial charge in [-0.25, -0.2) is 14.4 Å². The lowest BCUT2D eigenvalue weighted by Gasteiger charge is -2.26. The third-order valence-corrected chi connectivity index (χ3v) is 4.18. The summed E-state index contributed by atoms with van der Waals surface area (Å²) in [6.07, 6.45) is 1.43. The van der Waals surface area contributed by atoms with Crippen LogP contribution < -0.4 is 11.1 Å². The van der Waals surface area contributed by atoms with E-state index in [0.29, 0.717) is 10.6 Å². The first-order valence-electron chi connectivity index (χ1n) is 7.67. The van der Waals surface area contributed by atoms with Gasteiger partial charge in [-0.15, -0.1) is 0 Å². The number of hydrogen-bond acceptors (Lipinski definition) is 5. The van der Waals surface area contributed by atoms with E-state index >= 15 is 0 Å². The maximum absolute atomic E-state index is 14.1. The molecule has 0 saturated heterocycles. The summed E-state index contributed by atoms with van der Waals surface area (Å²) < 4.78 is 14.1. The van der Waals surface area contributed by atoms with Crippen molar-refractivity contribution in [3.63, 3.8) is 0 Å². The van der Waals surface area contributed by atoms with Gasteiger partial charge in [-0.05, 0) is 29.8 Å². The molecule has 0 radical (unpaired) electrons. The number of carbonyl (C=O) groups is 2. The molecule has 1 aliphatic rings. The predicted molar refractivity (Wildman–Crippen MR) is 95.4 cm³/mol. The lowest BCUT2D eigenvalue weighted by Crippen LogP contribution is -2.42. The molecule has 2 amide bonds. The summed E-state index contributed by atoms with van der Waals surface area (Å²) in [7, 11) is 1.53. The van der Waals surface area contributed by atoms with Crippen molar-refractivity contribution in [3.05, 3.63) is 58.6 Å². The topological polar surface area (TPSA) is 101 Å². The number of nitrogens with one attached hydrogen (secondary N) is 1. The second kappa shape index (κ2) is 7.09. The first kappa shape index (κ1) is 17.8. The highest BCUT2D eigenvalue weighted by molar-refractivity contribution is 6.30. The summed E-state index contributed by atoms with van der Waals surface area (Å²) in [6.45, 7) is 0. The highest BCUT2D eigenvalue weighted by Crippen LogP contribution is 2.29. The highest BCUT2D eigenvalue weighted by Gasteiger charge is 2.26. The molecule has 134 valence electrons. The molecular weight excluding hydrogens is 361 g/mol. The number of amides is 2. The molecule has 2 heterocycles. The molecule has 2 aromatic rings. The van der Waals surface area contributed by atoms with Crippen molar-refractivity contribution in [2.24, 2.45) is 10.7 Å². The van der Waals surface area contributed by atoms with Gasteiger partial charge in [0.25, 0.3) is 5.91 Å². The average Bonchev–Trinajstić information content (AvgIpc) is 2.61. The van der Waals surface area contributed by atoms with Crippen LogP contribution >= 0.6 is 11.6 Å². The average molecular weight is 376 g/mol. The van der Waals surface area contributed by atoms with E-state index < -0.39 is 17.8 Å². The smallest absolute Gasteiger partial charge is 0.274 e. The minimum absolute atomic E-state index is 0.0376. The summed E-state index contributed by atoms with van der Waals surface area (Å²) in [5, 5.41) is 2.85. The van der Waals surface area contributed by atoms with E-state index in [1.807, 2.05) is 0 Å². The fourth-order valence-corrected chi connectivity index (χ4v) is 2.57. The van der Waals surface area contributed by atoms with Crippen LogP contribution in [-0.2, 0) is 4.79 Å². The standard InChI is InChI=1S/C17H15ClFN5O2/c1-24-15(25)7-13(23-17(24)20)9-2-4-11(19)14(6-9)22-16(26)12-5-3-10(18)8-21-12/h2-6,8,13H,7H2,1H3,(H2,20,23)(H,22,26). The Morgan fingerprint density at radius 3 is 2.81 bits per heavy atom. The molecule has 1 unspecified atom stereocenters. The molecule has 1 aromatic heterocycles. The molecule has 0 saturated carbocycles. The van der Waals surface area contributed by atoms with E-state index in [0.717, 1.165) is 0 Å².